The molecule has 0 aliphatic heterocycles. The lowest BCUT2D eigenvalue weighted by Gasteiger charge is -2.14. The summed E-state index contributed by atoms with van der Waals surface area (Å²) in [7, 11) is 4.80. The van der Waals surface area contributed by atoms with Gasteiger partial charge in [0, 0.05) is 17.1 Å². The van der Waals surface area contributed by atoms with Crippen molar-refractivity contribution in [2.45, 2.75) is 0 Å². The van der Waals surface area contributed by atoms with Crippen LogP contribution in [0.5, 0.6) is 17.2 Å². The maximum absolute atomic E-state index is 5.40. The molecule has 0 bridgehead atoms. The number of fused-ring (bicyclic) bond motifs is 1. The second-order valence-corrected chi connectivity index (χ2v) is 4.83. The Bertz CT molecular complexity index is 789. The Morgan fingerprint density at radius 2 is 1.41 bits per heavy atom. The van der Waals surface area contributed by atoms with Gasteiger partial charge in [-0.15, -0.1) is 0 Å². The summed E-state index contributed by atoms with van der Waals surface area (Å²) < 4.78 is 16.1. The average molecular weight is 295 g/mol. The molecule has 2 aromatic carbocycles. The third-order valence-electron chi connectivity index (χ3n) is 3.59. The molecule has 0 spiro atoms. The van der Waals surface area contributed by atoms with E-state index in [0.717, 1.165) is 22.0 Å². The van der Waals surface area contributed by atoms with Gasteiger partial charge in [0.15, 0.2) is 11.5 Å². The number of methoxy groups -OCH3 is 3. The molecule has 4 heteroatoms. The van der Waals surface area contributed by atoms with Gasteiger partial charge in [-0.3, -0.25) is 4.98 Å². The molecule has 0 saturated carbocycles. The zero-order chi connectivity index (χ0) is 15.5. The highest BCUT2D eigenvalue weighted by Gasteiger charge is 2.14. The number of aromatic nitrogens is 1. The molecule has 0 amide bonds. The van der Waals surface area contributed by atoms with Gasteiger partial charge < -0.3 is 14.2 Å². The highest BCUT2D eigenvalue weighted by Crippen LogP contribution is 2.41. The van der Waals surface area contributed by atoms with Crippen molar-refractivity contribution in [3.05, 3.63) is 48.7 Å². The van der Waals surface area contributed by atoms with Crippen LogP contribution in [0.15, 0.2) is 48.7 Å². The van der Waals surface area contributed by atoms with Crippen LogP contribution in [0, 0.1) is 0 Å². The molecule has 0 aliphatic carbocycles. The number of hydrogen-bond acceptors (Lipinski definition) is 4. The first kappa shape index (κ1) is 14.2. The molecule has 3 rings (SSSR count). The fourth-order valence-corrected chi connectivity index (χ4v) is 2.47. The van der Waals surface area contributed by atoms with Crippen LogP contribution in [0.4, 0.5) is 0 Å². The van der Waals surface area contributed by atoms with Crippen LogP contribution in [-0.2, 0) is 0 Å². The first-order valence-electron chi connectivity index (χ1n) is 6.92. The lowest BCUT2D eigenvalue weighted by molar-refractivity contribution is 0.324. The Labute approximate surface area is 129 Å². The summed E-state index contributed by atoms with van der Waals surface area (Å²) in [5.41, 5.74) is 1.78. The summed E-state index contributed by atoms with van der Waals surface area (Å²) in [4.78, 5) is 4.53. The monoisotopic (exact) mass is 295 g/mol. The normalized spacial score (nSPS) is 10.5. The molecule has 0 saturated heterocycles. The van der Waals surface area contributed by atoms with Crippen LogP contribution < -0.4 is 14.2 Å². The largest absolute Gasteiger partial charge is 0.493 e. The lowest BCUT2D eigenvalue weighted by Crippen LogP contribution is -1.96. The zero-order valence-corrected chi connectivity index (χ0v) is 12.8. The van der Waals surface area contributed by atoms with Crippen LogP contribution in [0.1, 0.15) is 0 Å². The van der Waals surface area contributed by atoms with Crippen molar-refractivity contribution in [2.75, 3.05) is 21.3 Å². The molecule has 4 nitrogen and oxygen atoms in total. The fraction of sp³-hybridized carbons (Fsp3) is 0.167. The third-order valence-corrected chi connectivity index (χ3v) is 3.59. The van der Waals surface area contributed by atoms with Gasteiger partial charge >= 0.3 is 0 Å². The molecule has 0 atom stereocenters. The van der Waals surface area contributed by atoms with E-state index in [1.165, 1.54) is 0 Å². The molecule has 22 heavy (non-hydrogen) atoms. The van der Waals surface area contributed by atoms with Gasteiger partial charge in [-0.25, -0.2) is 0 Å². The van der Waals surface area contributed by atoms with E-state index >= 15 is 0 Å². The van der Waals surface area contributed by atoms with Gasteiger partial charge in [0.05, 0.1) is 27.0 Å². The Morgan fingerprint density at radius 1 is 0.773 bits per heavy atom. The maximum atomic E-state index is 5.40. The van der Waals surface area contributed by atoms with Crippen molar-refractivity contribution in [3.63, 3.8) is 0 Å². The quantitative estimate of drug-likeness (QED) is 0.731. The molecule has 112 valence electrons. The third kappa shape index (κ3) is 2.44. The smallest absolute Gasteiger partial charge is 0.203 e. The average Bonchev–Trinajstić information content (AvgIpc) is 2.59. The van der Waals surface area contributed by atoms with Gasteiger partial charge in [0.2, 0.25) is 5.75 Å². The van der Waals surface area contributed by atoms with E-state index < -0.39 is 0 Å². The van der Waals surface area contributed by atoms with Crippen molar-refractivity contribution in [1.29, 1.82) is 0 Å². The van der Waals surface area contributed by atoms with Gasteiger partial charge in [-0.1, -0.05) is 24.3 Å². The van der Waals surface area contributed by atoms with Crippen LogP contribution >= 0.6 is 0 Å². The summed E-state index contributed by atoms with van der Waals surface area (Å²) in [6.45, 7) is 0. The van der Waals surface area contributed by atoms with E-state index in [0.29, 0.717) is 17.2 Å². The van der Waals surface area contributed by atoms with Crippen molar-refractivity contribution in [1.82, 2.24) is 4.98 Å². The molecule has 0 aliphatic rings. The topological polar surface area (TPSA) is 40.6 Å². The molecule has 3 aromatic rings. The van der Waals surface area contributed by atoms with Gasteiger partial charge in [0.1, 0.15) is 0 Å². The standard InChI is InChI=1S/C18H17NO3/c1-20-16-9-14(10-17(21-2)18(16)22-3)15-8-12-6-4-5-7-13(12)11-19-15/h4-11H,1-3H3. The molecular weight excluding hydrogens is 278 g/mol. The van der Waals surface area contributed by atoms with Crippen molar-refractivity contribution >= 4 is 10.8 Å². The number of nitrogens with zero attached hydrogens (tertiary/aromatic N) is 1. The molecule has 0 radical (unpaired) electrons. The zero-order valence-electron chi connectivity index (χ0n) is 12.8. The van der Waals surface area contributed by atoms with Crippen LogP contribution in [0.25, 0.3) is 22.0 Å². The van der Waals surface area contributed by atoms with Gasteiger partial charge in [0.25, 0.3) is 0 Å². The van der Waals surface area contributed by atoms with Crippen molar-refractivity contribution < 1.29 is 14.2 Å². The molecule has 0 unspecified atom stereocenters. The molecule has 0 fully saturated rings. The van der Waals surface area contributed by atoms with E-state index in [2.05, 4.69) is 17.1 Å². The van der Waals surface area contributed by atoms with Gasteiger partial charge in [-0.2, -0.15) is 0 Å². The SMILES string of the molecule is COc1cc(-c2cc3ccccc3cn2)cc(OC)c1OC. The predicted molar refractivity (Wildman–Crippen MR) is 86.8 cm³/mol. The lowest BCUT2D eigenvalue weighted by atomic mass is 10.1. The van der Waals surface area contributed by atoms with Gasteiger partial charge in [-0.05, 0) is 23.6 Å². The van der Waals surface area contributed by atoms with E-state index in [1.807, 2.05) is 36.5 Å². The number of ether oxygens (including phenoxy) is 3. The summed E-state index contributed by atoms with van der Waals surface area (Å²) >= 11 is 0. The van der Waals surface area contributed by atoms with Crippen LogP contribution in [-0.4, -0.2) is 26.3 Å². The Hall–Kier alpha value is -2.75. The maximum Gasteiger partial charge on any atom is 0.203 e. The summed E-state index contributed by atoms with van der Waals surface area (Å²) in [5, 5.41) is 2.25. The second-order valence-electron chi connectivity index (χ2n) is 4.83. The summed E-state index contributed by atoms with van der Waals surface area (Å²) in [6.07, 6.45) is 1.87. The summed E-state index contributed by atoms with van der Waals surface area (Å²) in [5.74, 6) is 1.81. The molecule has 1 heterocycles. The van der Waals surface area contributed by atoms with Crippen LogP contribution in [0.2, 0.25) is 0 Å². The van der Waals surface area contributed by atoms with Crippen molar-refractivity contribution in [2.24, 2.45) is 0 Å². The Kier molecular flexibility index (Phi) is 3.83. The minimum absolute atomic E-state index is 0.578. The predicted octanol–water partition coefficient (Wildman–Crippen LogP) is 3.93. The summed E-state index contributed by atoms with van der Waals surface area (Å²) in [6, 6.07) is 14.0. The number of rotatable bonds is 4. The first-order chi connectivity index (χ1) is 10.8. The molecule has 1 aromatic heterocycles. The van der Waals surface area contributed by atoms with E-state index in [1.54, 1.807) is 21.3 Å². The van der Waals surface area contributed by atoms with Crippen molar-refractivity contribution in [3.8, 4) is 28.5 Å². The molecule has 0 N–H and O–H groups in total. The van der Waals surface area contributed by atoms with Crippen LogP contribution in [0.3, 0.4) is 0 Å². The highest BCUT2D eigenvalue weighted by atomic mass is 16.5. The minimum atomic E-state index is 0.578. The number of hydrogen-bond donors (Lipinski definition) is 0. The highest BCUT2D eigenvalue weighted by molar-refractivity contribution is 5.85. The Morgan fingerprint density at radius 3 is 2.00 bits per heavy atom. The second kappa shape index (κ2) is 5.93. The van der Waals surface area contributed by atoms with E-state index in [4.69, 9.17) is 14.2 Å². The first-order valence-corrected chi connectivity index (χ1v) is 6.92. The molecular formula is C18H17NO3. The van der Waals surface area contributed by atoms with E-state index in [-0.39, 0.29) is 0 Å². The number of benzene rings is 2. The number of pyridine rings is 1. The Balaban J connectivity index is 2.17. The minimum Gasteiger partial charge on any atom is -0.493 e. The van der Waals surface area contributed by atoms with E-state index in [9.17, 15) is 0 Å². The fourth-order valence-electron chi connectivity index (χ4n) is 2.47.